The fraction of sp³-hybridized carbons (Fsp3) is 0.889. The Morgan fingerprint density at radius 3 is 2.71 bits per heavy atom. The zero-order chi connectivity index (χ0) is 10.7. The highest BCUT2D eigenvalue weighted by atomic mass is 16.5. The first-order valence-corrected chi connectivity index (χ1v) is 4.80. The van der Waals surface area contributed by atoms with Gasteiger partial charge < -0.3 is 20.5 Å². The standard InChI is InChI=1S/C9H18N2O3/c1-11(9(12)13)8-5-6(14-2)3-4-7(8)10/h6-8H,3-5,10H2,1-2H3,(H,12,13)/t6-,7+,8+/m1/s1. The van der Waals surface area contributed by atoms with E-state index in [0.717, 1.165) is 12.8 Å². The Morgan fingerprint density at radius 2 is 2.21 bits per heavy atom. The number of hydrogen-bond donors (Lipinski definition) is 2. The number of nitrogens with zero attached hydrogens (tertiary/aromatic N) is 1. The van der Waals surface area contributed by atoms with E-state index in [2.05, 4.69) is 0 Å². The van der Waals surface area contributed by atoms with Crippen LogP contribution in [0, 0.1) is 0 Å². The molecule has 1 aliphatic rings. The summed E-state index contributed by atoms with van der Waals surface area (Å²) in [6.07, 6.45) is 1.65. The van der Waals surface area contributed by atoms with Crippen LogP contribution in [-0.2, 0) is 4.74 Å². The maximum Gasteiger partial charge on any atom is 0.407 e. The van der Waals surface area contributed by atoms with Gasteiger partial charge in [0.05, 0.1) is 12.1 Å². The SMILES string of the molecule is CO[C@@H]1CC[C@H](N)[C@@H](N(C)C(=O)O)C1. The molecule has 1 aliphatic carbocycles. The van der Waals surface area contributed by atoms with Crippen molar-refractivity contribution in [3.05, 3.63) is 0 Å². The third-order valence-electron chi connectivity index (χ3n) is 2.95. The van der Waals surface area contributed by atoms with Crippen molar-refractivity contribution in [3.8, 4) is 0 Å². The molecule has 0 unspecified atom stereocenters. The van der Waals surface area contributed by atoms with Crippen molar-refractivity contribution < 1.29 is 14.6 Å². The van der Waals surface area contributed by atoms with Crippen LogP contribution in [0.25, 0.3) is 0 Å². The molecule has 0 spiro atoms. The Morgan fingerprint density at radius 1 is 1.57 bits per heavy atom. The van der Waals surface area contributed by atoms with Gasteiger partial charge in [-0.3, -0.25) is 0 Å². The Hall–Kier alpha value is -0.810. The average molecular weight is 202 g/mol. The van der Waals surface area contributed by atoms with Crippen LogP contribution in [0.3, 0.4) is 0 Å². The number of nitrogens with two attached hydrogens (primary N) is 1. The first-order chi connectivity index (χ1) is 6.56. The van der Waals surface area contributed by atoms with Crippen LogP contribution in [0.2, 0.25) is 0 Å². The molecule has 0 aromatic carbocycles. The Balaban J connectivity index is 2.60. The Kier molecular flexibility index (Phi) is 3.71. The van der Waals surface area contributed by atoms with Crippen molar-refractivity contribution in [2.75, 3.05) is 14.2 Å². The maximum atomic E-state index is 10.8. The van der Waals surface area contributed by atoms with Gasteiger partial charge in [-0.2, -0.15) is 0 Å². The maximum absolute atomic E-state index is 10.8. The molecular weight excluding hydrogens is 184 g/mol. The summed E-state index contributed by atoms with van der Waals surface area (Å²) < 4.78 is 5.22. The molecule has 0 saturated heterocycles. The van der Waals surface area contributed by atoms with Crippen molar-refractivity contribution in [2.45, 2.75) is 37.5 Å². The largest absolute Gasteiger partial charge is 0.465 e. The number of likely N-dealkylation sites (N-methyl/N-ethyl adjacent to an activating group) is 1. The summed E-state index contributed by atoms with van der Waals surface area (Å²) in [6, 6.07) is -0.186. The molecular formula is C9H18N2O3. The van der Waals surface area contributed by atoms with Crippen LogP contribution < -0.4 is 5.73 Å². The predicted octanol–water partition coefficient (Wildman–Crippen LogP) is 0.491. The van der Waals surface area contributed by atoms with E-state index in [4.69, 9.17) is 15.6 Å². The lowest BCUT2D eigenvalue weighted by Gasteiger charge is -2.37. The normalized spacial score (nSPS) is 32.6. The second-order valence-electron chi connectivity index (χ2n) is 3.80. The van der Waals surface area contributed by atoms with E-state index >= 15 is 0 Å². The summed E-state index contributed by atoms with van der Waals surface area (Å²) >= 11 is 0. The van der Waals surface area contributed by atoms with Gasteiger partial charge >= 0.3 is 6.09 Å². The summed E-state index contributed by atoms with van der Waals surface area (Å²) in [6.45, 7) is 0. The zero-order valence-corrected chi connectivity index (χ0v) is 8.64. The summed E-state index contributed by atoms with van der Waals surface area (Å²) in [5, 5.41) is 8.84. The van der Waals surface area contributed by atoms with E-state index in [1.165, 1.54) is 4.90 Å². The third-order valence-corrected chi connectivity index (χ3v) is 2.95. The number of methoxy groups -OCH3 is 1. The Bertz CT molecular complexity index is 210. The van der Waals surface area contributed by atoms with E-state index in [1.807, 2.05) is 0 Å². The quantitative estimate of drug-likeness (QED) is 0.683. The van der Waals surface area contributed by atoms with Gasteiger partial charge in [0.15, 0.2) is 0 Å². The number of rotatable bonds is 2. The monoisotopic (exact) mass is 202 g/mol. The van der Waals surface area contributed by atoms with Gasteiger partial charge in [-0.25, -0.2) is 4.79 Å². The van der Waals surface area contributed by atoms with Gasteiger partial charge in [-0.05, 0) is 19.3 Å². The second kappa shape index (κ2) is 4.61. The fourth-order valence-electron chi connectivity index (χ4n) is 1.93. The molecule has 1 saturated carbocycles. The lowest BCUT2D eigenvalue weighted by Crippen LogP contribution is -2.52. The number of carbonyl (C=O) groups is 1. The molecule has 14 heavy (non-hydrogen) atoms. The molecule has 1 rings (SSSR count). The lowest BCUT2D eigenvalue weighted by molar-refractivity contribution is 0.0282. The summed E-state index contributed by atoms with van der Waals surface area (Å²) in [7, 11) is 3.21. The number of hydrogen-bond acceptors (Lipinski definition) is 3. The first kappa shape index (κ1) is 11.3. The second-order valence-corrected chi connectivity index (χ2v) is 3.80. The molecule has 5 heteroatoms. The number of amides is 1. The molecule has 0 radical (unpaired) electrons. The van der Waals surface area contributed by atoms with Crippen LogP contribution in [0.5, 0.6) is 0 Å². The molecule has 0 bridgehead atoms. The molecule has 1 fully saturated rings. The number of carboxylic acid groups (broad SMARTS) is 1. The minimum Gasteiger partial charge on any atom is -0.465 e. The highest BCUT2D eigenvalue weighted by Gasteiger charge is 2.32. The average Bonchev–Trinajstić information content (AvgIpc) is 2.17. The highest BCUT2D eigenvalue weighted by Crippen LogP contribution is 2.23. The molecule has 1 amide bonds. The summed E-state index contributed by atoms with van der Waals surface area (Å²) in [4.78, 5) is 12.1. The van der Waals surface area contributed by atoms with Crippen molar-refractivity contribution in [1.82, 2.24) is 4.90 Å². The highest BCUT2D eigenvalue weighted by molar-refractivity contribution is 5.65. The van der Waals surface area contributed by atoms with Gasteiger partial charge in [0, 0.05) is 20.2 Å². The predicted molar refractivity (Wildman–Crippen MR) is 52.2 cm³/mol. The van der Waals surface area contributed by atoms with Gasteiger partial charge in [-0.1, -0.05) is 0 Å². The van der Waals surface area contributed by atoms with E-state index < -0.39 is 6.09 Å². The molecule has 82 valence electrons. The van der Waals surface area contributed by atoms with Crippen LogP contribution in [0.1, 0.15) is 19.3 Å². The summed E-state index contributed by atoms with van der Waals surface area (Å²) in [5.41, 5.74) is 5.87. The van der Waals surface area contributed by atoms with Crippen molar-refractivity contribution in [2.24, 2.45) is 5.73 Å². The van der Waals surface area contributed by atoms with E-state index in [0.29, 0.717) is 6.42 Å². The van der Waals surface area contributed by atoms with Crippen molar-refractivity contribution in [3.63, 3.8) is 0 Å². The molecule has 0 aromatic rings. The van der Waals surface area contributed by atoms with Gasteiger partial charge in [0.25, 0.3) is 0 Å². The smallest absolute Gasteiger partial charge is 0.407 e. The minimum atomic E-state index is -0.929. The van der Waals surface area contributed by atoms with Crippen LogP contribution >= 0.6 is 0 Å². The molecule has 0 aliphatic heterocycles. The van der Waals surface area contributed by atoms with Gasteiger partial charge in [-0.15, -0.1) is 0 Å². The molecule has 3 N–H and O–H groups in total. The van der Waals surface area contributed by atoms with Crippen molar-refractivity contribution >= 4 is 6.09 Å². The Labute approximate surface area is 83.8 Å². The summed E-state index contributed by atoms with van der Waals surface area (Å²) in [5.74, 6) is 0. The zero-order valence-electron chi connectivity index (χ0n) is 8.64. The van der Waals surface area contributed by atoms with Gasteiger partial charge in [0.2, 0.25) is 0 Å². The van der Waals surface area contributed by atoms with E-state index in [9.17, 15) is 4.79 Å². The third kappa shape index (κ3) is 2.36. The van der Waals surface area contributed by atoms with Gasteiger partial charge in [0.1, 0.15) is 0 Å². The fourth-order valence-corrected chi connectivity index (χ4v) is 1.93. The topological polar surface area (TPSA) is 75.8 Å². The van der Waals surface area contributed by atoms with E-state index in [-0.39, 0.29) is 18.2 Å². The van der Waals surface area contributed by atoms with Crippen LogP contribution in [-0.4, -0.2) is 48.4 Å². The first-order valence-electron chi connectivity index (χ1n) is 4.80. The van der Waals surface area contributed by atoms with Crippen molar-refractivity contribution in [1.29, 1.82) is 0 Å². The number of ether oxygens (including phenoxy) is 1. The molecule has 0 heterocycles. The molecule has 3 atom stereocenters. The molecule has 0 aromatic heterocycles. The lowest BCUT2D eigenvalue weighted by atomic mass is 9.88. The molecule has 5 nitrogen and oxygen atoms in total. The minimum absolute atomic E-state index is 0.0671. The van der Waals surface area contributed by atoms with Crippen LogP contribution in [0.15, 0.2) is 0 Å². The van der Waals surface area contributed by atoms with Crippen LogP contribution in [0.4, 0.5) is 4.79 Å². The van der Waals surface area contributed by atoms with E-state index in [1.54, 1.807) is 14.2 Å².